The molecule has 0 bridgehead atoms. The van der Waals surface area contributed by atoms with Gasteiger partial charge in [-0.15, -0.1) is 0 Å². The molecular weight excluding hydrogens is 326 g/mol. The van der Waals surface area contributed by atoms with Gasteiger partial charge in [-0.25, -0.2) is 4.98 Å². The molecule has 0 spiro atoms. The number of hydrogen-bond acceptors (Lipinski definition) is 4. The summed E-state index contributed by atoms with van der Waals surface area (Å²) in [6, 6.07) is 11.6. The van der Waals surface area contributed by atoms with Gasteiger partial charge in [-0.2, -0.15) is 5.10 Å². The molecular formula is C17H16ClN5O. The fraction of sp³-hybridized carbons (Fsp3) is 0.118. The molecule has 122 valence electrons. The Balaban J connectivity index is 1.62. The van der Waals surface area contributed by atoms with Crippen LogP contribution in [0.4, 0.5) is 5.82 Å². The minimum atomic E-state index is -0.557. The normalized spacial score (nSPS) is 10.5. The van der Waals surface area contributed by atoms with E-state index in [1.807, 2.05) is 29.1 Å². The van der Waals surface area contributed by atoms with E-state index in [0.29, 0.717) is 23.9 Å². The van der Waals surface area contributed by atoms with Crippen molar-refractivity contribution in [2.24, 2.45) is 5.73 Å². The molecule has 0 aliphatic carbocycles. The summed E-state index contributed by atoms with van der Waals surface area (Å²) < 4.78 is 1.87. The van der Waals surface area contributed by atoms with Crippen LogP contribution in [0, 0.1) is 0 Å². The molecule has 0 aliphatic rings. The Labute approximate surface area is 144 Å². The Morgan fingerprint density at radius 2 is 2.00 bits per heavy atom. The SMILES string of the molecule is NC(=O)c1cnc(NCc2cnn(Cc3ccccc3)c2)c(Cl)c1. The number of hydrogen-bond donors (Lipinski definition) is 2. The highest BCUT2D eigenvalue weighted by Crippen LogP contribution is 2.20. The molecule has 2 heterocycles. The van der Waals surface area contributed by atoms with Gasteiger partial charge >= 0.3 is 0 Å². The molecule has 0 radical (unpaired) electrons. The Morgan fingerprint density at radius 1 is 1.21 bits per heavy atom. The molecule has 3 N–H and O–H groups in total. The molecule has 0 saturated heterocycles. The average molecular weight is 342 g/mol. The quantitative estimate of drug-likeness (QED) is 0.721. The number of nitrogens with one attached hydrogen (secondary N) is 1. The largest absolute Gasteiger partial charge is 0.366 e. The van der Waals surface area contributed by atoms with Crippen molar-refractivity contribution >= 4 is 23.3 Å². The molecule has 1 aromatic carbocycles. The van der Waals surface area contributed by atoms with E-state index in [1.165, 1.54) is 17.8 Å². The van der Waals surface area contributed by atoms with Gasteiger partial charge in [0.05, 0.1) is 23.3 Å². The van der Waals surface area contributed by atoms with Gasteiger partial charge < -0.3 is 11.1 Å². The number of primary amides is 1. The number of aromatic nitrogens is 3. The van der Waals surface area contributed by atoms with E-state index in [2.05, 4.69) is 27.5 Å². The Bertz CT molecular complexity index is 847. The maximum Gasteiger partial charge on any atom is 0.250 e. The van der Waals surface area contributed by atoms with E-state index in [4.69, 9.17) is 17.3 Å². The number of amides is 1. The third-order valence-corrected chi connectivity index (χ3v) is 3.75. The molecule has 0 atom stereocenters. The van der Waals surface area contributed by atoms with Crippen molar-refractivity contribution in [2.75, 3.05) is 5.32 Å². The van der Waals surface area contributed by atoms with Gasteiger partial charge in [0.15, 0.2) is 0 Å². The standard InChI is InChI=1S/C17H16ClN5O/c18-15-6-14(16(19)24)9-21-17(15)20-7-13-8-22-23(11-13)10-12-4-2-1-3-5-12/h1-6,8-9,11H,7,10H2,(H2,19,24)(H,20,21). The summed E-state index contributed by atoms with van der Waals surface area (Å²) in [4.78, 5) is 15.2. The number of anilines is 1. The van der Waals surface area contributed by atoms with Gasteiger partial charge in [0.2, 0.25) is 5.91 Å². The first kappa shape index (κ1) is 16.0. The van der Waals surface area contributed by atoms with E-state index in [1.54, 1.807) is 6.20 Å². The minimum absolute atomic E-state index is 0.279. The number of carbonyl (C=O) groups excluding carboxylic acids is 1. The van der Waals surface area contributed by atoms with Crippen molar-refractivity contribution < 1.29 is 4.79 Å². The van der Waals surface area contributed by atoms with Crippen molar-refractivity contribution in [1.29, 1.82) is 0 Å². The third kappa shape index (κ3) is 3.91. The molecule has 24 heavy (non-hydrogen) atoms. The molecule has 0 fully saturated rings. The number of rotatable bonds is 6. The summed E-state index contributed by atoms with van der Waals surface area (Å²) >= 11 is 6.10. The van der Waals surface area contributed by atoms with Gasteiger partial charge in [-0.1, -0.05) is 41.9 Å². The van der Waals surface area contributed by atoms with E-state index in [-0.39, 0.29) is 5.56 Å². The lowest BCUT2D eigenvalue weighted by Crippen LogP contribution is -2.12. The maximum absolute atomic E-state index is 11.1. The zero-order valence-corrected chi connectivity index (χ0v) is 13.6. The zero-order valence-electron chi connectivity index (χ0n) is 12.8. The molecule has 1 amide bonds. The van der Waals surface area contributed by atoms with Crippen LogP contribution in [0.2, 0.25) is 5.02 Å². The van der Waals surface area contributed by atoms with Gasteiger partial charge in [-0.05, 0) is 11.6 Å². The monoisotopic (exact) mass is 341 g/mol. The summed E-state index contributed by atoms with van der Waals surface area (Å²) in [6.45, 7) is 1.24. The summed E-state index contributed by atoms with van der Waals surface area (Å²) in [6.07, 6.45) is 5.16. The van der Waals surface area contributed by atoms with Crippen LogP contribution < -0.4 is 11.1 Å². The van der Waals surface area contributed by atoms with Crippen LogP contribution in [0.1, 0.15) is 21.5 Å². The van der Waals surface area contributed by atoms with Crippen molar-refractivity contribution in [3.05, 3.63) is 76.7 Å². The number of benzene rings is 1. The highest BCUT2D eigenvalue weighted by molar-refractivity contribution is 6.33. The first-order valence-electron chi connectivity index (χ1n) is 7.36. The topological polar surface area (TPSA) is 85.8 Å². The van der Waals surface area contributed by atoms with Crippen LogP contribution in [0.25, 0.3) is 0 Å². The fourth-order valence-corrected chi connectivity index (χ4v) is 2.48. The second kappa shape index (κ2) is 7.14. The van der Waals surface area contributed by atoms with Crippen molar-refractivity contribution in [2.45, 2.75) is 13.1 Å². The van der Waals surface area contributed by atoms with Crippen LogP contribution in [0.15, 0.2) is 55.0 Å². The van der Waals surface area contributed by atoms with E-state index in [9.17, 15) is 4.79 Å². The lowest BCUT2D eigenvalue weighted by Gasteiger charge is -2.06. The lowest BCUT2D eigenvalue weighted by atomic mass is 10.2. The molecule has 6 nitrogen and oxygen atoms in total. The summed E-state index contributed by atoms with van der Waals surface area (Å²) in [5, 5.41) is 7.82. The first-order valence-corrected chi connectivity index (χ1v) is 7.74. The average Bonchev–Trinajstić information content (AvgIpc) is 3.02. The molecule has 2 aromatic heterocycles. The lowest BCUT2D eigenvalue weighted by molar-refractivity contribution is 0.1000. The van der Waals surface area contributed by atoms with Gasteiger partial charge in [0, 0.05) is 24.5 Å². The molecule has 0 unspecified atom stereocenters. The van der Waals surface area contributed by atoms with Crippen LogP contribution >= 0.6 is 11.6 Å². The summed E-state index contributed by atoms with van der Waals surface area (Å²) in [7, 11) is 0. The van der Waals surface area contributed by atoms with Gasteiger partial charge in [-0.3, -0.25) is 9.48 Å². The van der Waals surface area contributed by atoms with Crippen LogP contribution in [0.5, 0.6) is 0 Å². The molecule has 3 rings (SSSR count). The van der Waals surface area contributed by atoms with Crippen LogP contribution in [0.3, 0.4) is 0 Å². The molecule has 3 aromatic rings. The molecule has 0 saturated carbocycles. The van der Waals surface area contributed by atoms with E-state index in [0.717, 1.165) is 5.56 Å². The summed E-state index contributed by atoms with van der Waals surface area (Å²) in [5.74, 6) is -0.0596. The Kier molecular flexibility index (Phi) is 4.77. The van der Waals surface area contributed by atoms with Gasteiger partial charge in [0.1, 0.15) is 5.82 Å². The maximum atomic E-state index is 11.1. The van der Waals surface area contributed by atoms with E-state index < -0.39 is 5.91 Å². The number of nitrogens with zero attached hydrogens (tertiary/aromatic N) is 3. The Hall–Kier alpha value is -2.86. The van der Waals surface area contributed by atoms with Crippen molar-refractivity contribution in [3.63, 3.8) is 0 Å². The number of pyridine rings is 1. The number of halogens is 1. The van der Waals surface area contributed by atoms with Crippen molar-refractivity contribution in [3.8, 4) is 0 Å². The summed E-state index contributed by atoms with van der Waals surface area (Å²) in [5.41, 5.74) is 7.66. The second-order valence-electron chi connectivity index (χ2n) is 5.30. The highest BCUT2D eigenvalue weighted by atomic mass is 35.5. The van der Waals surface area contributed by atoms with Crippen LogP contribution in [-0.2, 0) is 13.1 Å². The smallest absolute Gasteiger partial charge is 0.250 e. The fourth-order valence-electron chi connectivity index (χ4n) is 2.24. The van der Waals surface area contributed by atoms with E-state index >= 15 is 0 Å². The van der Waals surface area contributed by atoms with Gasteiger partial charge in [0.25, 0.3) is 0 Å². The Morgan fingerprint density at radius 3 is 2.71 bits per heavy atom. The molecule has 0 aliphatic heterocycles. The van der Waals surface area contributed by atoms with Crippen LogP contribution in [-0.4, -0.2) is 20.7 Å². The van der Waals surface area contributed by atoms with Crippen molar-refractivity contribution in [1.82, 2.24) is 14.8 Å². The zero-order chi connectivity index (χ0) is 16.9. The molecule has 7 heteroatoms. The second-order valence-corrected chi connectivity index (χ2v) is 5.71. The predicted molar refractivity (Wildman–Crippen MR) is 92.9 cm³/mol. The minimum Gasteiger partial charge on any atom is -0.366 e. The highest BCUT2D eigenvalue weighted by Gasteiger charge is 2.07. The first-order chi connectivity index (χ1) is 11.6. The number of carbonyl (C=O) groups is 1. The third-order valence-electron chi connectivity index (χ3n) is 3.46. The predicted octanol–water partition coefficient (Wildman–Crippen LogP) is 2.69. The number of nitrogens with two attached hydrogens (primary N) is 1.